The summed E-state index contributed by atoms with van der Waals surface area (Å²) in [6.45, 7) is 3.48. The molecule has 0 N–H and O–H groups in total. The van der Waals surface area contributed by atoms with Gasteiger partial charge in [-0.3, -0.25) is 0 Å². The Morgan fingerprint density at radius 1 is 0.583 bits per heavy atom. The highest BCUT2D eigenvalue weighted by Crippen LogP contribution is 2.14. The van der Waals surface area contributed by atoms with Gasteiger partial charge in [0, 0.05) is 19.3 Å². The van der Waals surface area contributed by atoms with Crippen LogP contribution in [0.25, 0.3) is 0 Å². The van der Waals surface area contributed by atoms with Gasteiger partial charge in [0.25, 0.3) is 0 Å². The van der Waals surface area contributed by atoms with Crippen molar-refractivity contribution in [2.24, 2.45) is 0 Å². The standard InChI is InChI=1S/C23H41N/c1-3-4-5-6-7-8-9-10-11-12-13-14-15-19-22-24(2)23-20-17-16-18-21-23/h16-18,20-21H,3-15,19,22H2,1-2H3. The van der Waals surface area contributed by atoms with Crippen molar-refractivity contribution < 1.29 is 0 Å². The minimum atomic E-state index is 1.18. The van der Waals surface area contributed by atoms with Crippen LogP contribution < -0.4 is 4.90 Å². The molecular weight excluding hydrogens is 290 g/mol. The fraction of sp³-hybridized carbons (Fsp3) is 0.739. The van der Waals surface area contributed by atoms with Crippen molar-refractivity contribution in [1.29, 1.82) is 0 Å². The quantitative estimate of drug-likeness (QED) is 0.282. The predicted molar refractivity (Wildman–Crippen MR) is 110 cm³/mol. The van der Waals surface area contributed by atoms with Crippen molar-refractivity contribution in [3.05, 3.63) is 30.3 Å². The Labute approximate surface area is 151 Å². The minimum Gasteiger partial charge on any atom is -0.375 e. The van der Waals surface area contributed by atoms with Crippen LogP contribution >= 0.6 is 0 Å². The molecule has 0 amide bonds. The molecule has 0 radical (unpaired) electrons. The number of rotatable bonds is 16. The second-order valence-electron chi connectivity index (χ2n) is 7.35. The lowest BCUT2D eigenvalue weighted by Gasteiger charge is -2.18. The molecule has 1 aromatic carbocycles. The maximum Gasteiger partial charge on any atom is 0.0363 e. The lowest BCUT2D eigenvalue weighted by Crippen LogP contribution is -2.18. The fourth-order valence-electron chi connectivity index (χ4n) is 3.36. The summed E-state index contributed by atoms with van der Waals surface area (Å²) in [5, 5.41) is 0. The molecule has 0 bridgehead atoms. The van der Waals surface area contributed by atoms with E-state index in [4.69, 9.17) is 0 Å². The van der Waals surface area contributed by atoms with E-state index in [0.717, 1.165) is 0 Å². The monoisotopic (exact) mass is 331 g/mol. The first-order valence-electron chi connectivity index (χ1n) is 10.6. The largest absolute Gasteiger partial charge is 0.375 e. The van der Waals surface area contributed by atoms with Gasteiger partial charge in [-0.15, -0.1) is 0 Å². The third-order valence-corrected chi connectivity index (χ3v) is 5.04. The first-order chi connectivity index (χ1) is 11.8. The molecule has 1 rings (SSSR count). The normalized spacial score (nSPS) is 10.9. The zero-order valence-corrected chi connectivity index (χ0v) is 16.4. The maximum absolute atomic E-state index is 2.38. The molecule has 24 heavy (non-hydrogen) atoms. The summed E-state index contributed by atoms with van der Waals surface area (Å²) in [6, 6.07) is 10.7. The van der Waals surface area contributed by atoms with Gasteiger partial charge in [0.2, 0.25) is 0 Å². The smallest absolute Gasteiger partial charge is 0.0363 e. The SMILES string of the molecule is CCCCCCCCCCCCCCCCN(C)c1ccccc1. The molecule has 1 nitrogen and oxygen atoms in total. The summed E-state index contributed by atoms with van der Waals surface area (Å²) in [5.74, 6) is 0. The van der Waals surface area contributed by atoms with Crippen molar-refractivity contribution in [2.45, 2.75) is 96.8 Å². The van der Waals surface area contributed by atoms with Crippen LogP contribution in [0.3, 0.4) is 0 Å². The van der Waals surface area contributed by atoms with Crippen LogP contribution in [0.2, 0.25) is 0 Å². The third-order valence-electron chi connectivity index (χ3n) is 5.04. The van der Waals surface area contributed by atoms with Crippen molar-refractivity contribution in [3.63, 3.8) is 0 Å². The Morgan fingerprint density at radius 3 is 1.46 bits per heavy atom. The molecule has 0 atom stereocenters. The van der Waals surface area contributed by atoms with Gasteiger partial charge in [-0.1, -0.05) is 109 Å². The van der Waals surface area contributed by atoms with Crippen molar-refractivity contribution in [3.8, 4) is 0 Å². The van der Waals surface area contributed by atoms with E-state index in [-0.39, 0.29) is 0 Å². The molecule has 0 unspecified atom stereocenters. The number of benzene rings is 1. The third kappa shape index (κ3) is 11.5. The molecule has 1 heteroatoms. The van der Waals surface area contributed by atoms with Gasteiger partial charge in [-0.2, -0.15) is 0 Å². The molecule has 0 heterocycles. The van der Waals surface area contributed by atoms with E-state index in [1.54, 1.807) is 0 Å². The molecule has 0 saturated heterocycles. The summed E-state index contributed by atoms with van der Waals surface area (Å²) in [4.78, 5) is 2.38. The van der Waals surface area contributed by atoms with Crippen LogP contribution in [0.15, 0.2) is 30.3 Å². The predicted octanol–water partition coefficient (Wildman–Crippen LogP) is 7.60. The zero-order valence-electron chi connectivity index (χ0n) is 16.4. The van der Waals surface area contributed by atoms with E-state index in [9.17, 15) is 0 Å². The van der Waals surface area contributed by atoms with Gasteiger partial charge in [-0.25, -0.2) is 0 Å². The molecule has 0 aromatic heterocycles. The van der Waals surface area contributed by atoms with E-state index in [1.165, 1.54) is 102 Å². The minimum absolute atomic E-state index is 1.18. The summed E-state index contributed by atoms with van der Waals surface area (Å²) in [5.41, 5.74) is 1.34. The number of unbranched alkanes of at least 4 members (excludes halogenated alkanes) is 13. The van der Waals surface area contributed by atoms with E-state index < -0.39 is 0 Å². The second-order valence-corrected chi connectivity index (χ2v) is 7.35. The van der Waals surface area contributed by atoms with Crippen LogP contribution in [0.4, 0.5) is 5.69 Å². The number of para-hydroxylation sites is 1. The average molecular weight is 332 g/mol. The van der Waals surface area contributed by atoms with Gasteiger partial charge in [0.05, 0.1) is 0 Å². The highest BCUT2D eigenvalue weighted by molar-refractivity contribution is 5.44. The van der Waals surface area contributed by atoms with Crippen LogP contribution in [0.5, 0.6) is 0 Å². The summed E-state index contributed by atoms with van der Waals surface area (Å²) in [7, 11) is 2.21. The number of hydrogen-bond acceptors (Lipinski definition) is 1. The average Bonchev–Trinajstić information content (AvgIpc) is 2.62. The molecule has 1 aromatic rings. The van der Waals surface area contributed by atoms with Gasteiger partial charge in [-0.05, 0) is 18.6 Å². The first-order valence-corrected chi connectivity index (χ1v) is 10.6. The molecule has 138 valence electrons. The highest BCUT2D eigenvalue weighted by Gasteiger charge is 1.99. The van der Waals surface area contributed by atoms with Crippen LogP contribution in [-0.2, 0) is 0 Å². The van der Waals surface area contributed by atoms with Gasteiger partial charge in [0.15, 0.2) is 0 Å². The van der Waals surface area contributed by atoms with Crippen LogP contribution in [0.1, 0.15) is 96.8 Å². The lowest BCUT2D eigenvalue weighted by atomic mass is 10.0. The molecule has 0 aliphatic rings. The first kappa shape index (κ1) is 21.1. The Hall–Kier alpha value is -0.980. The Bertz CT molecular complexity index is 360. The van der Waals surface area contributed by atoms with E-state index in [1.807, 2.05) is 0 Å². The van der Waals surface area contributed by atoms with Crippen molar-refractivity contribution >= 4 is 5.69 Å². The molecule has 0 aliphatic heterocycles. The van der Waals surface area contributed by atoms with Gasteiger partial charge in [0.1, 0.15) is 0 Å². The fourth-order valence-corrected chi connectivity index (χ4v) is 3.36. The second kappa shape index (κ2) is 15.5. The van der Waals surface area contributed by atoms with Crippen molar-refractivity contribution in [1.82, 2.24) is 0 Å². The van der Waals surface area contributed by atoms with E-state index in [2.05, 4.69) is 49.2 Å². The topological polar surface area (TPSA) is 3.24 Å². The molecule has 0 spiro atoms. The van der Waals surface area contributed by atoms with Gasteiger partial charge >= 0.3 is 0 Å². The molecule has 0 saturated carbocycles. The molecular formula is C23H41N. The molecule has 0 aliphatic carbocycles. The zero-order chi connectivity index (χ0) is 17.3. The Morgan fingerprint density at radius 2 is 1.00 bits per heavy atom. The van der Waals surface area contributed by atoms with E-state index in [0.29, 0.717) is 0 Å². The maximum atomic E-state index is 2.38. The summed E-state index contributed by atoms with van der Waals surface area (Å²) in [6.07, 6.45) is 20.0. The lowest BCUT2D eigenvalue weighted by molar-refractivity contribution is 0.535. The summed E-state index contributed by atoms with van der Waals surface area (Å²) < 4.78 is 0. The molecule has 0 fully saturated rings. The van der Waals surface area contributed by atoms with Crippen LogP contribution in [0, 0.1) is 0 Å². The van der Waals surface area contributed by atoms with Crippen LogP contribution in [-0.4, -0.2) is 13.6 Å². The Balaban J connectivity index is 1.79. The number of hydrogen-bond donors (Lipinski definition) is 0. The Kier molecular flexibility index (Phi) is 13.6. The van der Waals surface area contributed by atoms with Gasteiger partial charge < -0.3 is 4.90 Å². The highest BCUT2D eigenvalue weighted by atomic mass is 15.1. The number of nitrogens with zero attached hydrogens (tertiary/aromatic N) is 1. The number of anilines is 1. The van der Waals surface area contributed by atoms with E-state index >= 15 is 0 Å². The van der Waals surface area contributed by atoms with Crippen molar-refractivity contribution in [2.75, 3.05) is 18.5 Å². The summed E-state index contributed by atoms with van der Waals surface area (Å²) >= 11 is 0.